The molecule has 30 heavy (non-hydrogen) atoms. The molecule has 2 aromatic rings. The summed E-state index contributed by atoms with van der Waals surface area (Å²) in [5.74, 6) is 0.109. The predicted octanol–water partition coefficient (Wildman–Crippen LogP) is 3.51. The second-order valence-corrected chi connectivity index (χ2v) is 7.15. The van der Waals surface area contributed by atoms with Gasteiger partial charge in [0, 0.05) is 37.1 Å². The molecule has 5 nitrogen and oxygen atoms in total. The molecule has 1 aliphatic carbocycles. The van der Waals surface area contributed by atoms with Crippen LogP contribution in [0, 0.1) is 0 Å². The van der Waals surface area contributed by atoms with Gasteiger partial charge in [0.15, 0.2) is 18.2 Å². The molecule has 0 aromatic carbocycles. The molecule has 5 heteroatoms. The first-order chi connectivity index (χ1) is 14.5. The number of ketones is 1. The zero-order valence-corrected chi connectivity index (χ0v) is 16.8. The van der Waals surface area contributed by atoms with Gasteiger partial charge in [0.1, 0.15) is 12.8 Å². The van der Waals surface area contributed by atoms with E-state index < -0.39 is 5.63 Å². The van der Waals surface area contributed by atoms with Crippen molar-refractivity contribution in [3.8, 4) is 0 Å². The first-order valence-corrected chi connectivity index (χ1v) is 9.54. The van der Waals surface area contributed by atoms with Crippen molar-refractivity contribution in [1.82, 2.24) is 4.90 Å². The number of allylic oxidation sites excluding steroid dienone is 7. The summed E-state index contributed by atoms with van der Waals surface area (Å²) in [6, 6.07) is 5.66. The fourth-order valence-corrected chi connectivity index (χ4v) is 3.09. The molecule has 0 bridgehead atoms. The van der Waals surface area contributed by atoms with Crippen LogP contribution in [-0.2, 0) is 11.8 Å². The molecule has 4 rings (SSSR count). The van der Waals surface area contributed by atoms with Crippen molar-refractivity contribution in [3.63, 3.8) is 0 Å². The van der Waals surface area contributed by atoms with Crippen LogP contribution in [0.5, 0.6) is 0 Å². The van der Waals surface area contributed by atoms with Gasteiger partial charge in [-0.3, -0.25) is 4.79 Å². The summed E-state index contributed by atoms with van der Waals surface area (Å²) in [6.07, 6.45) is 21.9. The number of carbonyl (C=O) groups is 1. The molecule has 0 atom stereocenters. The number of aryl methyl sites for hydroxylation is 1. The maximum Gasteiger partial charge on any atom is 0.343 e. The van der Waals surface area contributed by atoms with Crippen molar-refractivity contribution in [2.24, 2.45) is 7.05 Å². The van der Waals surface area contributed by atoms with E-state index in [9.17, 15) is 9.59 Å². The van der Waals surface area contributed by atoms with E-state index in [-0.39, 0.29) is 5.78 Å². The molecule has 2 aliphatic rings. The third kappa shape index (κ3) is 4.20. The van der Waals surface area contributed by atoms with E-state index in [0.717, 1.165) is 11.1 Å². The SMILES string of the molecule is CN1C=CC(=C/C=C2/C(=O)C=Cc3cc(/C=C/c4cc[n+](C)cc4)c(=O)oc32)C=C1. The Labute approximate surface area is 174 Å². The number of hydrogen-bond acceptors (Lipinski definition) is 4. The van der Waals surface area contributed by atoms with Crippen LogP contribution in [0.25, 0.3) is 23.8 Å². The topological polar surface area (TPSA) is 54.4 Å². The van der Waals surface area contributed by atoms with Crippen LogP contribution in [0.2, 0.25) is 0 Å². The van der Waals surface area contributed by atoms with E-state index in [2.05, 4.69) is 0 Å². The molecule has 0 fully saturated rings. The van der Waals surface area contributed by atoms with E-state index in [1.54, 1.807) is 24.3 Å². The van der Waals surface area contributed by atoms with E-state index >= 15 is 0 Å². The van der Waals surface area contributed by atoms with Crippen LogP contribution in [0.3, 0.4) is 0 Å². The molecular weight excluding hydrogens is 376 g/mol. The molecule has 2 aromatic heterocycles. The molecule has 0 N–H and O–H groups in total. The van der Waals surface area contributed by atoms with Crippen LogP contribution in [0.1, 0.15) is 22.5 Å². The lowest BCUT2D eigenvalue weighted by Crippen LogP contribution is -2.25. The Bertz CT molecular complexity index is 1220. The van der Waals surface area contributed by atoms with Gasteiger partial charge in [0.25, 0.3) is 0 Å². The third-order valence-corrected chi connectivity index (χ3v) is 4.83. The average molecular weight is 397 g/mol. The zero-order chi connectivity index (χ0) is 21.1. The van der Waals surface area contributed by atoms with Crippen LogP contribution in [-0.4, -0.2) is 17.7 Å². The zero-order valence-electron chi connectivity index (χ0n) is 16.8. The molecule has 0 saturated heterocycles. The van der Waals surface area contributed by atoms with Crippen molar-refractivity contribution < 1.29 is 13.8 Å². The van der Waals surface area contributed by atoms with E-state index in [0.29, 0.717) is 22.5 Å². The Morgan fingerprint density at radius 3 is 2.43 bits per heavy atom. The highest BCUT2D eigenvalue weighted by molar-refractivity contribution is 6.29. The first-order valence-electron chi connectivity index (χ1n) is 9.54. The predicted molar refractivity (Wildman–Crippen MR) is 118 cm³/mol. The second-order valence-electron chi connectivity index (χ2n) is 7.15. The summed E-state index contributed by atoms with van der Waals surface area (Å²) in [6.45, 7) is 0. The normalized spacial score (nSPS) is 16.6. The molecule has 0 radical (unpaired) electrons. The van der Waals surface area contributed by atoms with Crippen LogP contribution in [0.15, 0.2) is 88.2 Å². The van der Waals surface area contributed by atoms with Crippen molar-refractivity contribution in [2.75, 3.05) is 7.05 Å². The lowest BCUT2D eigenvalue weighted by Gasteiger charge is -2.13. The Morgan fingerprint density at radius 1 is 0.967 bits per heavy atom. The van der Waals surface area contributed by atoms with Gasteiger partial charge in [-0.1, -0.05) is 12.2 Å². The number of pyridine rings is 1. The standard InChI is InChI=1S/C25H21N2O3/c1-26-13-9-18(10-14-26)3-5-21-17-20-6-8-23(28)22(24(20)30-25(21)29)7-4-19-11-15-27(2)16-12-19/h3-17H,1-2H3/q+1. The fraction of sp³-hybridized carbons (Fsp3) is 0.0800. The number of nitrogens with zero attached hydrogens (tertiary/aromatic N) is 2. The first kappa shape index (κ1) is 19.3. The molecule has 1 aliphatic heterocycles. The van der Waals surface area contributed by atoms with E-state index in [4.69, 9.17) is 4.42 Å². The average Bonchev–Trinajstić information content (AvgIpc) is 2.74. The van der Waals surface area contributed by atoms with E-state index in [1.807, 2.05) is 84.8 Å². The number of hydrogen-bond donors (Lipinski definition) is 0. The van der Waals surface area contributed by atoms with Crippen LogP contribution in [0.4, 0.5) is 0 Å². The number of carbonyl (C=O) groups excluding carboxylic acids is 1. The third-order valence-electron chi connectivity index (χ3n) is 4.83. The molecule has 3 heterocycles. The Balaban J connectivity index is 1.67. The van der Waals surface area contributed by atoms with Gasteiger partial charge in [0.2, 0.25) is 0 Å². The molecule has 0 spiro atoms. The Hall–Kier alpha value is -3.99. The van der Waals surface area contributed by atoms with Crippen LogP contribution < -0.4 is 10.2 Å². The van der Waals surface area contributed by atoms with Gasteiger partial charge in [-0.15, -0.1) is 0 Å². The lowest BCUT2D eigenvalue weighted by atomic mass is 9.95. The quantitative estimate of drug-likeness (QED) is 0.588. The summed E-state index contributed by atoms with van der Waals surface area (Å²) < 4.78 is 7.49. The van der Waals surface area contributed by atoms with Crippen molar-refractivity contribution in [1.29, 1.82) is 0 Å². The smallest absolute Gasteiger partial charge is 0.343 e. The summed E-state index contributed by atoms with van der Waals surface area (Å²) in [7, 11) is 3.88. The minimum atomic E-state index is -0.479. The van der Waals surface area contributed by atoms with Gasteiger partial charge in [-0.05, 0) is 53.7 Å². The van der Waals surface area contributed by atoms with Crippen molar-refractivity contribution in [2.45, 2.75) is 0 Å². The summed E-state index contributed by atoms with van der Waals surface area (Å²) >= 11 is 0. The van der Waals surface area contributed by atoms with Gasteiger partial charge < -0.3 is 9.32 Å². The maximum absolute atomic E-state index is 12.5. The molecule has 0 unspecified atom stereocenters. The number of fused-ring (bicyclic) bond motifs is 1. The maximum atomic E-state index is 12.5. The van der Waals surface area contributed by atoms with Gasteiger partial charge in [0.05, 0.1) is 11.1 Å². The lowest BCUT2D eigenvalue weighted by molar-refractivity contribution is -0.671. The van der Waals surface area contributed by atoms with E-state index in [1.165, 1.54) is 6.08 Å². The molecule has 0 amide bonds. The second kappa shape index (κ2) is 8.17. The Morgan fingerprint density at radius 2 is 1.70 bits per heavy atom. The van der Waals surface area contributed by atoms with Crippen molar-refractivity contribution in [3.05, 3.63) is 112 Å². The highest BCUT2D eigenvalue weighted by atomic mass is 16.4. The summed E-state index contributed by atoms with van der Waals surface area (Å²) in [5.41, 5.74) is 2.94. The largest absolute Gasteiger partial charge is 0.421 e. The number of aromatic nitrogens is 1. The number of rotatable bonds is 3. The fourth-order valence-electron chi connectivity index (χ4n) is 3.09. The molecule has 148 valence electrons. The van der Waals surface area contributed by atoms with Gasteiger partial charge in [-0.2, -0.15) is 0 Å². The van der Waals surface area contributed by atoms with Crippen LogP contribution >= 0.6 is 0 Å². The van der Waals surface area contributed by atoms with Crippen molar-refractivity contribution >= 4 is 29.6 Å². The summed E-state index contributed by atoms with van der Waals surface area (Å²) in [4.78, 5) is 26.9. The van der Waals surface area contributed by atoms with Gasteiger partial charge in [-0.25, -0.2) is 9.36 Å². The summed E-state index contributed by atoms with van der Waals surface area (Å²) in [5, 5.41) is 0. The minimum absolute atomic E-state index is 0.191. The van der Waals surface area contributed by atoms with Gasteiger partial charge >= 0.3 is 5.63 Å². The molecular formula is C25H21N2O3+. The highest BCUT2D eigenvalue weighted by Crippen LogP contribution is 2.27. The monoisotopic (exact) mass is 397 g/mol. The highest BCUT2D eigenvalue weighted by Gasteiger charge is 2.21. The minimum Gasteiger partial charge on any atom is -0.421 e. The molecule has 0 saturated carbocycles. The Kier molecular flexibility index (Phi) is 5.26.